The van der Waals surface area contributed by atoms with E-state index in [1.165, 1.54) is 12.1 Å². The van der Waals surface area contributed by atoms with Crippen LogP contribution in [0, 0.1) is 17.0 Å². The SMILES string of the molecule is CCCCCC1=CCC/C1=N\NS(=O)(=O)c1ccc(C)c([N+](=O)[O-])c1. The van der Waals surface area contributed by atoms with Gasteiger partial charge >= 0.3 is 0 Å². The van der Waals surface area contributed by atoms with Gasteiger partial charge in [0.05, 0.1) is 15.5 Å². The van der Waals surface area contributed by atoms with Crippen LogP contribution in [0.2, 0.25) is 0 Å². The third kappa shape index (κ3) is 4.88. The van der Waals surface area contributed by atoms with Crippen molar-refractivity contribution < 1.29 is 13.3 Å². The molecular weight excluding hydrogens is 342 g/mol. The minimum absolute atomic E-state index is 0.163. The molecule has 0 heterocycles. The van der Waals surface area contributed by atoms with E-state index in [4.69, 9.17) is 0 Å². The third-order valence-electron chi connectivity index (χ3n) is 4.18. The molecule has 1 N–H and O–H groups in total. The molecule has 1 aliphatic rings. The first-order valence-corrected chi connectivity index (χ1v) is 9.86. The van der Waals surface area contributed by atoms with Crippen LogP contribution < -0.4 is 4.83 Å². The summed E-state index contributed by atoms with van der Waals surface area (Å²) >= 11 is 0. The zero-order valence-corrected chi connectivity index (χ0v) is 15.3. The highest BCUT2D eigenvalue weighted by molar-refractivity contribution is 7.89. The number of unbranched alkanes of at least 4 members (excludes halogenated alkanes) is 2. The number of hydrazone groups is 1. The molecule has 0 fully saturated rings. The lowest BCUT2D eigenvalue weighted by atomic mass is 10.1. The number of hydrogen-bond donors (Lipinski definition) is 1. The van der Waals surface area contributed by atoms with Gasteiger partial charge in [0.15, 0.2) is 0 Å². The highest BCUT2D eigenvalue weighted by Crippen LogP contribution is 2.23. The number of nitrogens with one attached hydrogen (secondary N) is 1. The molecule has 0 aliphatic heterocycles. The van der Waals surface area contributed by atoms with Crippen LogP contribution in [0.15, 0.2) is 39.8 Å². The maximum atomic E-state index is 12.4. The molecule has 0 saturated carbocycles. The van der Waals surface area contributed by atoms with E-state index >= 15 is 0 Å². The standard InChI is InChI=1S/C17H23N3O4S/c1-3-4-5-7-14-8-6-9-16(14)18-19-25(23,24)15-11-10-13(2)17(12-15)20(21)22/h8,10-12,19H,3-7,9H2,1-2H3/b18-16+. The Balaban J connectivity index is 2.15. The van der Waals surface area contributed by atoms with Crippen LogP contribution in [0.25, 0.3) is 0 Å². The van der Waals surface area contributed by atoms with E-state index in [1.54, 1.807) is 6.92 Å². The van der Waals surface area contributed by atoms with Crippen LogP contribution in [-0.2, 0) is 10.0 Å². The van der Waals surface area contributed by atoms with E-state index < -0.39 is 14.9 Å². The number of allylic oxidation sites excluding steroid dienone is 2. The fraction of sp³-hybridized carbons (Fsp3) is 0.471. The smallest absolute Gasteiger partial charge is 0.258 e. The average molecular weight is 365 g/mol. The number of nitro benzene ring substituents is 1. The number of nitrogens with zero attached hydrogens (tertiary/aromatic N) is 2. The summed E-state index contributed by atoms with van der Waals surface area (Å²) in [4.78, 5) is 12.5. The van der Waals surface area contributed by atoms with Gasteiger partial charge < -0.3 is 0 Å². The van der Waals surface area contributed by atoms with E-state index in [0.29, 0.717) is 12.0 Å². The average Bonchev–Trinajstić information content (AvgIpc) is 3.01. The molecule has 0 amide bonds. The van der Waals surface area contributed by atoms with Gasteiger partial charge in [0.1, 0.15) is 0 Å². The Morgan fingerprint density at radius 2 is 2.08 bits per heavy atom. The van der Waals surface area contributed by atoms with E-state index in [9.17, 15) is 18.5 Å². The van der Waals surface area contributed by atoms with Gasteiger partial charge in [0, 0.05) is 11.6 Å². The van der Waals surface area contributed by atoms with Crippen LogP contribution >= 0.6 is 0 Å². The van der Waals surface area contributed by atoms with Gasteiger partial charge in [0.2, 0.25) is 0 Å². The Bertz CT molecular complexity index is 813. The predicted octanol–water partition coefficient (Wildman–Crippen LogP) is 3.84. The van der Waals surface area contributed by atoms with Crippen molar-refractivity contribution in [3.8, 4) is 0 Å². The van der Waals surface area contributed by atoms with Gasteiger partial charge in [-0.25, -0.2) is 0 Å². The van der Waals surface area contributed by atoms with Crippen LogP contribution in [0.1, 0.15) is 51.0 Å². The van der Waals surface area contributed by atoms with Crippen LogP contribution in [0.5, 0.6) is 0 Å². The Labute approximate surface area is 148 Å². The van der Waals surface area contributed by atoms with Gasteiger partial charge in [-0.05, 0) is 44.2 Å². The monoisotopic (exact) mass is 365 g/mol. The molecular formula is C17H23N3O4S. The predicted molar refractivity (Wildman–Crippen MR) is 97.0 cm³/mol. The molecule has 25 heavy (non-hydrogen) atoms. The normalized spacial score (nSPS) is 16.1. The molecule has 1 aromatic carbocycles. The first kappa shape index (κ1) is 19.1. The molecule has 0 atom stereocenters. The molecule has 0 spiro atoms. The van der Waals surface area contributed by atoms with Gasteiger partial charge in [0.25, 0.3) is 15.7 Å². The first-order valence-electron chi connectivity index (χ1n) is 8.38. The van der Waals surface area contributed by atoms with Crippen LogP contribution in [0.3, 0.4) is 0 Å². The molecule has 1 aromatic rings. The van der Waals surface area contributed by atoms with Crippen molar-refractivity contribution in [2.75, 3.05) is 0 Å². The van der Waals surface area contributed by atoms with Crippen LogP contribution in [-0.4, -0.2) is 19.1 Å². The highest BCUT2D eigenvalue weighted by atomic mass is 32.2. The van der Waals surface area contributed by atoms with Gasteiger partial charge in [-0.3, -0.25) is 10.1 Å². The van der Waals surface area contributed by atoms with E-state index in [1.807, 2.05) is 0 Å². The Morgan fingerprint density at radius 3 is 2.76 bits per heavy atom. The van der Waals surface area contributed by atoms with Crippen molar-refractivity contribution in [1.82, 2.24) is 4.83 Å². The van der Waals surface area contributed by atoms with Gasteiger partial charge in [-0.2, -0.15) is 18.4 Å². The number of nitro groups is 1. The molecule has 8 heteroatoms. The molecule has 0 aromatic heterocycles. The fourth-order valence-electron chi connectivity index (χ4n) is 2.72. The van der Waals surface area contributed by atoms with Crippen molar-refractivity contribution in [2.45, 2.75) is 57.3 Å². The highest BCUT2D eigenvalue weighted by Gasteiger charge is 2.20. The van der Waals surface area contributed by atoms with E-state index in [-0.39, 0.29) is 10.6 Å². The Morgan fingerprint density at radius 1 is 1.32 bits per heavy atom. The Kier molecular flexibility index (Phi) is 6.30. The summed E-state index contributed by atoms with van der Waals surface area (Å²) in [5.74, 6) is 0. The topological polar surface area (TPSA) is 102 Å². The number of aryl methyl sites for hydroxylation is 1. The van der Waals surface area contributed by atoms with Gasteiger partial charge in [-0.15, -0.1) is 0 Å². The first-order chi connectivity index (χ1) is 11.8. The maximum absolute atomic E-state index is 12.4. The molecule has 0 bridgehead atoms. The minimum atomic E-state index is -3.94. The fourth-order valence-corrected chi connectivity index (χ4v) is 3.57. The summed E-state index contributed by atoms with van der Waals surface area (Å²) in [6.45, 7) is 3.70. The number of benzene rings is 1. The third-order valence-corrected chi connectivity index (χ3v) is 5.39. The summed E-state index contributed by atoms with van der Waals surface area (Å²) in [5.41, 5.74) is 2.02. The summed E-state index contributed by atoms with van der Waals surface area (Å²) in [6, 6.07) is 3.83. The van der Waals surface area contributed by atoms with Crippen molar-refractivity contribution in [3.05, 3.63) is 45.5 Å². The number of rotatable bonds is 8. The molecule has 136 valence electrons. The maximum Gasteiger partial charge on any atom is 0.276 e. The second kappa shape index (κ2) is 8.24. The van der Waals surface area contributed by atoms with E-state index in [2.05, 4.69) is 22.9 Å². The quantitative estimate of drug-likeness (QED) is 0.429. The zero-order valence-electron chi connectivity index (χ0n) is 14.5. The molecule has 0 radical (unpaired) electrons. The minimum Gasteiger partial charge on any atom is -0.258 e. The summed E-state index contributed by atoms with van der Waals surface area (Å²) < 4.78 is 24.8. The lowest BCUT2D eigenvalue weighted by Crippen LogP contribution is -2.20. The molecule has 1 aliphatic carbocycles. The van der Waals surface area contributed by atoms with Gasteiger partial charge in [-0.1, -0.05) is 31.9 Å². The van der Waals surface area contributed by atoms with Crippen molar-refractivity contribution in [3.63, 3.8) is 0 Å². The summed E-state index contributed by atoms with van der Waals surface area (Å²) in [7, 11) is -3.94. The lowest BCUT2D eigenvalue weighted by Gasteiger charge is -2.08. The Hall–Kier alpha value is -2.22. The second-order valence-corrected chi connectivity index (χ2v) is 7.74. The number of sulfonamides is 1. The van der Waals surface area contributed by atoms with Crippen molar-refractivity contribution in [2.24, 2.45) is 5.10 Å². The van der Waals surface area contributed by atoms with E-state index in [0.717, 1.165) is 49.5 Å². The number of hydrogen-bond acceptors (Lipinski definition) is 5. The molecule has 0 unspecified atom stereocenters. The molecule has 0 saturated heterocycles. The van der Waals surface area contributed by atoms with Crippen LogP contribution in [0.4, 0.5) is 5.69 Å². The molecule has 7 nitrogen and oxygen atoms in total. The zero-order chi connectivity index (χ0) is 18.4. The van der Waals surface area contributed by atoms with Crippen molar-refractivity contribution in [1.29, 1.82) is 0 Å². The second-order valence-electron chi connectivity index (χ2n) is 6.08. The summed E-state index contributed by atoms with van der Waals surface area (Å²) in [6.07, 6.45) is 7.86. The lowest BCUT2D eigenvalue weighted by molar-refractivity contribution is -0.385. The largest absolute Gasteiger partial charge is 0.276 e. The molecule has 2 rings (SSSR count). The van der Waals surface area contributed by atoms with Crippen molar-refractivity contribution >= 4 is 21.4 Å². The summed E-state index contributed by atoms with van der Waals surface area (Å²) in [5, 5.41) is 15.1.